The summed E-state index contributed by atoms with van der Waals surface area (Å²) < 4.78 is 38.3. The summed E-state index contributed by atoms with van der Waals surface area (Å²) in [4.78, 5) is 13.3. The Hall–Kier alpha value is -4.37. The van der Waals surface area contributed by atoms with Crippen LogP contribution in [-0.2, 0) is 21.7 Å². The van der Waals surface area contributed by atoms with Crippen LogP contribution in [-0.4, -0.2) is 46.3 Å². The molecule has 0 aliphatic carbocycles. The number of methoxy groups -OCH3 is 4. The molecule has 0 aromatic heterocycles. The second-order valence-electron chi connectivity index (χ2n) is 8.39. The molecule has 1 N–H and O–H groups in total. The van der Waals surface area contributed by atoms with Crippen LogP contribution in [0.2, 0.25) is 0 Å². The van der Waals surface area contributed by atoms with Crippen molar-refractivity contribution in [1.82, 2.24) is 0 Å². The topological polar surface area (TPSA) is 102 Å². The molecule has 0 amide bonds. The molecule has 0 saturated heterocycles. The molecule has 2 aliphatic rings. The van der Waals surface area contributed by atoms with Crippen molar-refractivity contribution in [2.24, 2.45) is 0 Å². The second kappa shape index (κ2) is 9.59. The lowest BCUT2D eigenvalue weighted by molar-refractivity contribution is -0.185. The minimum Gasteiger partial charge on any atom is -0.497 e. The molecule has 3 aromatic carbocycles. The number of hydrogen-bond acceptors (Lipinski definition) is 9. The monoisotopic (exact) mass is 506 g/mol. The van der Waals surface area contributed by atoms with Gasteiger partial charge < -0.3 is 38.3 Å². The zero-order chi connectivity index (χ0) is 26.2. The van der Waals surface area contributed by atoms with Gasteiger partial charge in [0.2, 0.25) is 12.5 Å². The maximum Gasteiger partial charge on any atom is 0.341 e. The number of benzene rings is 3. The van der Waals surface area contributed by atoms with Crippen LogP contribution in [0.4, 0.5) is 0 Å². The quantitative estimate of drug-likeness (QED) is 0.457. The van der Waals surface area contributed by atoms with Crippen molar-refractivity contribution in [2.45, 2.75) is 12.2 Å². The van der Waals surface area contributed by atoms with E-state index in [1.807, 2.05) is 12.1 Å². The van der Waals surface area contributed by atoms with E-state index in [0.29, 0.717) is 45.6 Å². The number of esters is 1. The number of aliphatic hydroxyl groups is 1. The summed E-state index contributed by atoms with van der Waals surface area (Å²) in [7, 11) is 5.99. The van der Waals surface area contributed by atoms with Crippen LogP contribution in [0.1, 0.15) is 16.7 Å². The van der Waals surface area contributed by atoms with Gasteiger partial charge in [0, 0.05) is 17.6 Å². The van der Waals surface area contributed by atoms with Gasteiger partial charge in [-0.3, -0.25) is 0 Å². The Balaban J connectivity index is 1.69. The molecule has 0 radical (unpaired) electrons. The largest absolute Gasteiger partial charge is 0.497 e. The Morgan fingerprint density at radius 3 is 2.14 bits per heavy atom. The Morgan fingerprint density at radius 2 is 1.51 bits per heavy atom. The maximum atomic E-state index is 13.3. The Bertz CT molecular complexity index is 1350. The van der Waals surface area contributed by atoms with E-state index in [-0.39, 0.29) is 24.4 Å². The van der Waals surface area contributed by atoms with Crippen molar-refractivity contribution in [3.8, 4) is 34.5 Å². The number of hydrogen-bond donors (Lipinski definition) is 1. The first kappa shape index (κ1) is 24.3. The van der Waals surface area contributed by atoms with Gasteiger partial charge in [-0.25, -0.2) is 4.79 Å². The highest BCUT2D eigenvalue weighted by Crippen LogP contribution is 2.49. The van der Waals surface area contributed by atoms with Crippen molar-refractivity contribution in [1.29, 1.82) is 0 Å². The summed E-state index contributed by atoms with van der Waals surface area (Å²) in [5, 5.41) is 12.1. The standard InChI is InChI=1S/C28H26O9/c1-31-19-8-6-17(7-9-19)25-20(11-16-5-10-21-22(12-16)36-15-35-21)28(30,37-27(25)29)18-13-23(32-2)26(34-4)24(14-18)33-3/h5-10,12-14,30H,11,15H2,1-4H3. The summed E-state index contributed by atoms with van der Waals surface area (Å²) >= 11 is 0. The summed E-state index contributed by atoms with van der Waals surface area (Å²) in [6, 6.07) is 15.6. The van der Waals surface area contributed by atoms with Crippen molar-refractivity contribution in [3.05, 3.63) is 76.9 Å². The first-order valence-electron chi connectivity index (χ1n) is 11.4. The maximum absolute atomic E-state index is 13.3. The lowest BCUT2D eigenvalue weighted by Gasteiger charge is -2.27. The summed E-state index contributed by atoms with van der Waals surface area (Å²) in [5.41, 5.74) is 2.20. The Kier molecular flexibility index (Phi) is 6.31. The van der Waals surface area contributed by atoms with Gasteiger partial charge in [0.05, 0.1) is 34.0 Å². The van der Waals surface area contributed by atoms with Gasteiger partial charge in [0.15, 0.2) is 23.0 Å². The Labute approximate surface area is 213 Å². The molecule has 1 unspecified atom stereocenters. The molecule has 0 spiro atoms. The van der Waals surface area contributed by atoms with Crippen LogP contribution in [0.5, 0.6) is 34.5 Å². The van der Waals surface area contributed by atoms with Crippen molar-refractivity contribution < 1.29 is 43.1 Å². The fourth-order valence-electron chi connectivity index (χ4n) is 4.56. The van der Waals surface area contributed by atoms with Crippen molar-refractivity contribution in [2.75, 3.05) is 35.2 Å². The van der Waals surface area contributed by atoms with Crippen LogP contribution in [0.3, 0.4) is 0 Å². The number of rotatable bonds is 8. The second-order valence-corrected chi connectivity index (χ2v) is 8.39. The molecule has 37 heavy (non-hydrogen) atoms. The third-order valence-corrected chi connectivity index (χ3v) is 6.41. The van der Waals surface area contributed by atoms with Gasteiger partial charge in [-0.1, -0.05) is 18.2 Å². The first-order valence-corrected chi connectivity index (χ1v) is 11.4. The SMILES string of the molecule is COc1ccc(C2=C(Cc3ccc4c(c3)OCO4)C(O)(c3cc(OC)c(OC)c(OC)c3)OC2=O)cc1. The molecule has 9 nitrogen and oxygen atoms in total. The average molecular weight is 507 g/mol. The van der Waals surface area contributed by atoms with Crippen LogP contribution >= 0.6 is 0 Å². The smallest absolute Gasteiger partial charge is 0.341 e. The van der Waals surface area contributed by atoms with Gasteiger partial charge in [-0.05, 0) is 47.5 Å². The number of ether oxygens (including phenoxy) is 7. The lowest BCUT2D eigenvalue weighted by atomic mass is 9.87. The summed E-state index contributed by atoms with van der Waals surface area (Å²) in [5.74, 6) is 0.0272. The molecule has 1 atom stereocenters. The normalized spacial score (nSPS) is 18.0. The molecule has 192 valence electrons. The van der Waals surface area contributed by atoms with E-state index < -0.39 is 11.8 Å². The van der Waals surface area contributed by atoms with Crippen LogP contribution in [0.15, 0.2) is 60.2 Å². The zero-order valence-electron chi connectivity index (χ0n) is 20.8. The first-order chi connectivity index (χ1) is 17.9. The fourth-order valence-corrected chi connectivity index (χ4v) is 4.56. The molecule has 9 heteroatoms. The Morgan fingerprint density at radius 1 is 0.838 bits per heavy atom. The van der Waals surface area contributed by atoms with Crippen molar-refractivity contribution in [3.63, 3.8) is 0 Å². The number of cyclic esters (lactones) is 1. The van der Waals surface area contributed by atoms with E-state index in [1.165, 1.54) is 21.3 Å². The van der Waals surface area contributed by atoms with Crippen LogP contribution in [0.25, 0.3) is 5.57 Å². The predicted molar refractivity (Wildman–Crippen MR) is 132 cm³/mol. The summed E-state index contributed by atoms with van der Waals surface area (Å²) in [6.45, 7) is 0.134. The predicted octanol–water partition coefficient (Wildman–Crippen LogP) is 3.85. The lowest BCUT2D eigenvalue weighted by Crippen LogP contribution is -2.30. The van der Waals surface area contributed by atoms with E-state index in [4.69, 9.17) is 33.2 Å². The highest BCUT2D eigenvalue weighted by molar-refractivity contribution is 6.20. The fraction of sp³-hybridized carbons (Fsp3) is 0.250. The van der Waals surface area contributed by atoms with E-state index in [1.54, 1.807) is 49.6 Å². The van der Waals surface area contributed by atoms with Gasteiger partial charge in [-0.15, -0.1) is 0 Å². The third kappa shape index (κ3) is 4.17. The van der Waals surface area contributed by atoms with E-state index in [9.17, 15) is 9.90 Å². The van der Waals surface area contributed by atoms with E-state index in [2.05, 4.69) is 0 Å². The molecular formula is C28H26O9. The molecule has 0 saturated carbocycles. The van der Waals surface area contributed by atoms with E-state index in [0.717, 1.165) is 5.56 Å². The number of fused-ring (bicyclic) bond motifs is 1. The highest BCUT2D eigenvalue weighted by Gasteiger charge is 2.49. The zero-order valence-corrected chi connectivity index (χ0v) is 20.8. The minimum absolute atomic E-state index is 0.134. The third-order valence-electron chi connectivity index (χ3n) is 6.41. The average Bonchev–Trinajstić information content (AvgIpc) is 3.49. The number of carbonyl (C=O) groups is 1. The minimum atomic E-state index is -2.12. The highest BCUT2D eigenvalue weighted by atomic mass is 16.7. The molecule has 0 fully saturated rings. The molecular weight excluding hydrogens is 480 g/mol. The molecule has 2 aliphatic heterocycles. The molecule has 2 heterocycles. The molecule has 3 aromatic rings. The van der Waals surface area contributed by atoms with Gasteiger partial charge in [0.25, 0.3) is 5.79 Å². The van der Waals surface area contributed by atoms with Gasteiger partial charge >= 0.3 is 5.97 Å². The van der Waals surface area contributed by atoms with Gasteiger partial charge in [-0.2, -0.15) is 0 Å². The van der Waals surface area contributed by atoms with Gasteiger partial charge in [0.1, 0.15) is 5.75 Å². The van der Waals surface area contributed by atoms with E-state index >= 15 is 0 Å². The van der Waals surface area contributed by atoms with Crippen molar-refractivity contribution >= 4 is 11.5 Å². The molecule has 5 rings (SSSR count). The van der Waals surface area contributed by atoms with Crippen LogP contribution in [0, 0.1) is 0 Å². The number of carbonyl (C=O) groups excluding carboxylic acids is 1. The van der Waals surface area contributed by atoms with Crippen LogP contribution < -0.4 is 28.4 Å². The molecule has 0 bridgehead atoms. The summed E-state index contributed by atoms with van der Waals surface area (Å²) in [6.07, 6.45) is 0.177.